The van der Waals surface area contributed by atoms with E-state index < -0.39 is 8.60 Å². The summed E-state index contributed by atoms with van der Waals surface area (Å²) >= 11 is 0. The van der Waals surface area contributed by atoms with Gasteiger partial charge in [-0.25, -0.2) is 0 Å². The van der Waals surface area contributed by atoms with Crippen molar-refractivity contribution >= 4 is 8.60 Å². The van der Waals surface area contributed by atoms with Crippen molar-refractivity contribution in [2.45, 2.75) is 96.8 Å². The van der Waals surface area contributed by atoms with Gasteiger partial charge in [0.25, 0.3) is 0 Å². The topological polar surface area (TPSA) is 27.7 Å². The van der Waals surface area contributed by atoms with Gasteiger partial charge >= 0.3 is 8.60 Å². The molecular weight excluding hydrogens is 357 g/mol. The van der Waals surface area contributed by atoms with Crippen LogP contribution in [0.5, 0.6) is 0 Å². The number of hydrogen-bond acceptors (Lipinski definition) is 3. The Morgan fingerprint density at radius 1 is 0.593 bits per heavy atom. The minimum Gasteiger partial charge on any atom is -0.329 e. The molecule has 0 aliphatic rings. The van der Waals surface area contributed by atoms with Crippen LogP contribution in [0.25, 0.3) is 0 Å². The smallest absolute Gasteiger partial charge is 0.329 e. The Labute approximate surface area is 171 Å². The van der Waals surface area contributed by atoms with Crippen LogP contribution < -0.4 is 0 Å². The first kappa shape index (κ1) is 27.3. The first-order chi connectivity index (χ1) is 13.0. The summed E-state index contributed by atoms with van der Waals surface area (Å²) in [6.07, 6.45) is 19.3. The molecule has 0 aromatic rings. The highest BCUT2D eigenvalue weighted by atomic mass is 31.2. The maximum atomic E-state index is 5.73. The van der Waals surface area contributed by atoms with Crippen LogP contribution in [0.4, 0.5) is 0 Å². The average molecular weight is 407 g/mol. The molecule has 0 fully saturated rings. The molecule has 0 spiro atoms. The molecule has 0 aliphatic heterocycles. The monoisotopic (exact) mass is 406 g/mol. The summed E-state index contributed by atoms with van der Waals surface area (Å²) in [4.78, 5) is 0. The van der Waals surface area contributed by atoms with Crippen LogP contribution in [0.1, 0.15) is 96.8 Å². The third-order valence-corrected chi connectivity index (χ3v) is 5.89. The Hall–Kier alpha value is 0.270. The lowest BCUT2D eigenvalue weighted by molar-refractivity contribution is -0.870. The Bertz CT molecular complexity index is 298. The molecule has 0 amide bonds. The summed E-state index contributed by atoms with van der Waals surface area (Å²) in [5, 5.41) is 0. The predicted molar refractivity (Wildman–Crippen MR) is 119 cm³/mol. The highest BCUT2D eigenvalue weighted by Gasteiger charge is 2.13. The molecule has 0 heterocycles. The zero-order chi connectivity index (χ0) is 20.2. The van der Waals surface area contributed by atoms with Gasteiger partial charge in [0, 0.05) is 7.11 Å². The largest absolute Gasteiger partial charge is 0.332 e. The number of rotatable bonds is 21. The molecule has 0 saturated carbocycles. The van der Waals surface area contributed by atoms with E-state index in [0.717, 1.165) is 24.1 Å². The molecule has 164 valence electrons. The van der Waals surface area contributed by atoms with Gasteiger partial charge in [0.2, 0.25) is 0 Å². The molecule has 5 heteroatoms. The summed E-state index contributed by atoms with van der Waals surface area (Å²) < 4.78 is 17.6. The van der Waals surface area contributed by atoms with E-state index in [1.54, 1.807) is 7.11 Å². The van der Waals surface area contributed by atoms with Crippen molar-refractivity contribution in [1.82, 2.24) is 0 Å². The van der Waals surface area contributed by atoms with Gasteiger partial charge in [-0.2, -0.15) is 0 Å². The lowest BCUT2D eigenvalue weighted by Gasteiger charge is -2.24. The predicted octanol–water partition coefficient (Wildman–Crippen LogP) is 7.08. The lowest BCUT2D eigenvalue weighted by atomic mass is 10.0. The molecule has 27 heavy (non-hydrogen) atoms. The van der Waals surface area contributed by atoms with Crippen molar-refractivity contribution in [2.75, 3.05) is 48.0 Å². The lowest BCUT2D eigenvalue weighted by Crippen LogP contribution is -2.37. The zero-order valence-corrected chi connectivity index (χ0v) is 20.0. The van der Waals surface area contributed by atoms with Crippen LogP contribution in [0, 0.1) is 0 Å². The number of hydrogen-bond donors (Lipinski definition) is 0. The molecule has 4 nitrogen and oxygen atoms in total. The quantitative estimate of drug-likeness (QED) is 0.116. The fourth-order valence-electron chi connectivity index (χ4n) is 2.97. The molecule has 0 rings (SSSR count). The highest BCUT2D eigenvalue weighted by molar-refractivity contribution is 7.41. The van der Waals surface area contributed by atoms with Crippen LogP contribution in [0.3, 0.4) is 0 Å². The van der Waals surface area contributed by atoms with E-state index in [1.807, 2.05) is 0 Å². The molecule has 0 N–H and O–H groups in total. The van der Waals surface area contributed by atoms with Crippen LogP contribution in [0.2, 0.25) is 0 Å². The van der Waals surface area contributed by atoms with Crippen molar-refractivity contribution in [1.29, 1.82) is 0 Å². The van der Waals surface area contributed by atoms with Crippen molar-refractivity contribution in [3.63, 3.8) is 0 Å². The van der Waals surface area contributed by atoms with Gasteiger partial charge in [-0.1, -0.05) is 90.4 Å². The number of nitrogens with zero attached hydrogens (tertiary/aromatic N) is 1. The van der Waals surface area contributed by atoms with E-state index in [9.17, 15) is 0 Å². The Kier molecular flexibility index (Phi) is 19.8. The molecule has 0 radical (unpaired) electrons. The molecule has 0 aliphatic carbocycles. The third kappa shape index (κ3) is 22.4. The minimum absolute atomic E-state index is 0.682. The second kappa shape index (κ2) is 19.6. The summed E-state index contributed by atoms with van der Waals surface area (Å²) in [5.41, 5.74) is 0. The van der Waals surface area contributed by atoms with Gasteiger partial charge in [-0.15, -0.1) is 0 Å². The van der Waals surface area contributed by atoms with Crippen LogP contribution in [0.15, 0.2) is 0 Å². The summed E-state index contributed by atoms with van der Waals surface area (Å²) in [5.74, 6) is 0. The number of unbranched alkanes of at least 4 members (excludes halogenated alkanes) is 13. The Morgan fingerprint density at radius 2 is 1.00 bits per heavy atom. The molecule has 1 atom stereocenters. The first-order valence-corrected chi connectivity index (χ1v) is 12.5. The maximum Gasteiger partial charge on any atom is 0.332 e. The molecule has 0 bridgehead atoms. The van der Waals surface area contributed by atoms with E-state index in [2.05, 4.69) is 28.1 Å². The first-order valence-electron chi connectivity index (χ1n) is 11.4. The van der Waals surface area contributed by atoms with Gasteiger partial charge in [-0.3, -0.25) is 0 Å². The maximum absolute atomic E-state index is 5.73. The molecule has 1 unspecified atom stereocenters. The summed E-state index contributed by atoms with van der Waals surface area (Å²) in [7, 11) is 6.99. The molecule has 0 aromatic carbocycles. The Morgan fingerprint density at radius 3 is 1.41 bits per heavy atom. The number of likely N-dealkylation sites (N-methyl/N-ethyl adjacent to an activating group) is 1. The van der Waals surface area contributed by atoms with Gasteiger partial charge in [0.1, 0.15) is 13.2 Å². The van der Waals surface area contributed by atoms with Gasteiger partial charge in [-0.05, 0) is 6.42 Å². The van der Waals surface area contributed by atoms with Gasteiger partial charge in [0.05, 0.1) is 27.7 Å². The fourth-order valence-corrected chi connectivity index (χ4v) is 3.76. The van der Waals surface area contributed by atoms with Crippen molar-refractivity contribution in [3.05, 3.63) is 0 Å². The van der Waals surface area contributed by atoms with E-state index >= 15 is 0 Å². The summed E-state index contributed by atoms with van der Waals surface area (Å²) in [6, 6.07) is 0. The molecule has 0 aromatic heterocycles. The zero-order valence-electron chi connectivity index (χ0n) is 19.1. The third-order valence-electron chi connectivity index (χ3n) is 4.80. The minimum atomic E-state index is -1.16. The van der Waals surface area contributed by atoms with Crippen molar-refractivity contribution in [3.8, 4) is 0 Å². The van der Waals surface area contributed by atoms with Crippen LogP contribution in [-0.4, -0.2) is 52.5 Å². The van der Waals surface area contributed by atoms with Crippen LogP contribution >= 0.6 is 8.60 Å². The Balaban J connectivity index is 3.27. The van der Waals surface area contributed by atoms with E-state index in [-0.39, 0.29) is 0 Å². The average Bonchev–Trinajstić information content (AvgIpc) is 2.62. The van der Waals surface area contributed by atoms with Gasteiger partial charge in [0.15, 0.2) is 0 Å². The second-order valence-electron chi connectivity index (χ2n) is 8.68. The summed E-state index contributed by atoms with van der Waals surface area (Å²) in [6.45, 7) is 4.68. The SMILES string of the molecule is CCCCCCCCCCCCCCCCOP(OC)OCC[N+](C)(C)C. The van der Waals surface area contributed by atoms with Crippen molar-refractivity contribution < 1.29 is 18.1 Å². The second-order valence-corrected chi connectivity index (χ2v) is 10.0. The van der Waals surface area contributed by atoms with E-state index in [1.165, 1.54) is 83.5 Å². The number of quaternary nitrogens is 1. The van der Waals surface area contributed by atoms with E-state index in [0.29, 0.717) is 6.61 Å². The standard InChI is InChI=1S/C22H49NO3P/c1-6-7-8-9-10-11-12-13-14-15-16-17-18-19-21-25-27(24-5)26-22-20-23(2,3)4/h6-22H2,1-5H3/q+1. The fraction of sp³-hybridized carbons (Fsp3) is 1.00. The van der Waals surface area contributed by atoms with Crippen molar-refractivity contribution in [2.24, 2.45) is 0 Å². The highest BCUT2D eigenvalue weighted by Crippen LogP contribution is 2.38. The normalized spacial score (nSPS) is 13.2. The van der Waals surface area contributed by atoms with E-state index in [4.69, 9.17) is 13.6 Å². The molecular formula is C22H49NO3P+. The molecule has 0 saturated heterocycles. The van der Waals surface area contributed by atoms with Crippen LogP contribution in [-0.2, 0) is 13.6 Å². The van der Waals surface area contributed by atoms with Gasteiger partial charge < -0.3 is 18.1 Å².